The van der Waals surface area contributed by atoms with Crippen LogP contribution in [-0.2, 0) is 17.6 Å². The van der Waals surface area contributed by atoms with E-state index >= 15 is 0 Å². The predicted octanol–water partition coefficient (Wildman–Crippen LogP) is 4.29. The minimum Gasteiger partial charge on any atom is -0.504 e. The molecular formula is C28H39N3O6. The second kappa shape index (κ2) is 15.4. The molecule has 0 heterocycles. The molecular weight excluding hydrogens is 474 g/mol. The van der Waals surface area contributed by atoms with Crippen molar-refractivity contribution in [2.24, 2.45) is 16.6 Å². The Labute approximate surface area is 218 Å². The van der Waals surface area contributed by atoms with Crippen molar-refractivity contribution in [3.8, 4) is 23.0 Å². The van der Waals surface area contributed by atoms with Crippen molar-refractivity contribution in [3.63, 3.8) is 0 Å². The molecule has 0 saturated heterocycles. The average Bonchev–Trinajstić information content (AvgIpc) is 2.89. The van der Waals surface area contributed by atoms with E-state index in [0.717, 1.165) is 36.8 Å². The Morgan fingerprint density at radius 2 is 1.92 bits per heavy atom. The normalized spacial score (nSPS) is 12.5. The van der Waals surface area contributed by atoms with Gasteiger partial charge in [0, 0.05) is 13.5 Å². The summed E-state index contributed by atoms with van der Waals surface area (Å²) in [7, 11) is 3.02. The zero-order chi connectivity index (χ0) is 27.2. The van der Waals surface area contributed by atoms with Gasteiger partial charge in [0.1, 0.15) is 0 Å². The van der Waals surface area contributed by atoms with Crippen LogP contribution in [0.25, 0.3) is 0 Å². The summed E-state index contributed by atoms with van der Waals surface area (Å²) < 4.78 is 10.3. The number of phenols is 2. The van der Waals surface area contributed by atoms with Gasteiger partial charge in [-0.1, -0.05) is 38.3 Å². The number of allylic oxidation sites excluding steroid dienone is 2. The molecule has 37 heavy (non-hydrogen) atoms. The number of methoxy groups -OCH3 is 1. The van der Waals surface area contributed by atoms with Crippen LogP contribution in [0.3, 0.4) is 0 Å². The highest BCUT2D eigenvalue weighted by Gasteiger charge is 2.15. The second-order valence-electron chi connectivity index (χ2n) is 8.79. The lowest BCUT2D eigenvalue weighted by Gasteiger charge is -2.17. The van der Waals surface area contributed by atoms with Crippen LogP contribution >= 0.6 is 0 Å². The fourth-order valence-electron chi connectivity index (χ4n) is 3.95. The maximum absolute atomic E-state index is 12.6. The van der Waals surface area contributed by atoms with E-state index in [2.05, 4.69) is 17.2 Å². The third kappa shape index (κ3) is 9.69. The maximum atomic E-state index is 12.6. The number of aryl methyl sites for hydroxylation is 1. The third-order valence-corrected chi connectivity index (χ3v) is 5.99. The first-order valence-electron chi connectivity index (χ1n) is 12.5. The van der Waals surface area contributed by atoms with Crippen LogP contribution in [-0.4, -0.2) is 48.0 Å². The number of hydrogen-bond acceptors (Lipinski definition) is 7. The Hall–Kier alpha value is -3.72. The molecule has 9 nitrogen and oxygen atoms in total. The lowest BCUT2D eigenvalue weighted by Crippen LogP contribution is -2.22. The van der Waals surface area contributed by atoms with Gasteiger partial charge in [0.25, 0.3) is 0 Å². The number of rotatable bonds is 15. The molecule has 0 bridgehead atoms. The number of guanidine groups is 1. The highest BCUT2D eigenvalue weighted by atomic mass is 16.6. The minimum absolute atomic E-state index is 0.0110. The number of benzene rings is 2. The number of unbranched alkanes of at least 4 members (excludes halogenated alkanes) is 2. The van der Waals surface area contributed by atoms with Gasteiger partial charge in [0.05, 0.1) is 12.8 Å². The van der Waals surface area contributed by atoms with Crippen LogP contribution in [0.2, 0.25) is 0 Å². The topological polar surface area (TPSA) is 147 Å². The van der Waals surface area contributed by atoms with Gasteiger partial charge >= 0.3 is 0 Å². The van der Waals surface area contributed by atoms with Crippen molar-refractivity contribution in [2.45, 2.75) is 51.9 Å². The van der Waals surface area contributed by atoms with Crippen LogP contribution in [0.15, 0.2) is 47.5 Å². The van der Waals surface area contributed by atoms with Crippen molar-refractivity contribution < 1.29 is 29.6 Å². The Morgan fingerprint density at radius 1 is 1.16 bits per heavy atom. The molecule has 0 aliphatic heterocycles. The van der Waals surface area contributed by atoms with Gasteiger partial charge in [-0.2, -0.15) is 0 Å². The van der Waals surface area contributed by atoms with Crippen molar-refractivity contribution >= 4 is 17.4 Å². The Bertz CT molecular complexity index is 1080. The Balaban J connectivity index is 2.16. The van der Waals surface area contributed by atoms with Gasteiger partial charge in [0.15, 0.2) is 41.5 Å². The Morgan fingerprint density at radius 3 is 2.59 bits per heavy atom. The molecule has 0 unspecified atom stereocenters. The summed E-state index contributed by atoms with van der Waals surface area (Å²) in [6.07, 6.45) is 9.15. The fraction of sp³-hybridized carbons (Fsp3) is 0.429. The van der Waals surface area contributed by atoms with E-state index in [-0.39, 0.29) is 34.9 Å². The second-order valence-corrected chi connectivity index (χ2v) is 8.79. The monoisotopic (exact) mass is 513 g/mol. The van der Waals surface area contributed by atoms with E-state index in [1.165, 1.54) is 14.2 Å². The molecule has 0 radical (unpaired) electrons. The van der Waals surface area contributed by atoms with Crippen LogP contribution < -0.4 is 20.5 Å². The number of nitrogens with two attached hydrogens (primary N) is 1. The smallest absolute Gasteiger partial charge is 0.192 e. The molecule has 202 valence electrons. The number of aliphatic imine (C=N–C) groups is 1. The maximum Gasteiger partial charge on any atom is 0.192 e. The number of ether oxygens (including phenoxy) is 2. The lowest BCUT2D eigenvalue weighted by atomic mass is 9.92. The SMILES string of the molecule is CCCCC[C@H](C=CC(=O)CCc1ccc(O)c(OC)c1)Cc1cc(NC(N)=NC)c(O)c(OCO)c1. The molecule has 0 saturated carbocycles. The highest BCUT2D eigenvalue weighted by Crippen LogP contribution is 2.37. The molecule has 9 heteroatoms. The van der Waals surface area contributed by atoms with Gasteiger partial charge in [0.2, 0.25) is 0 Å². The number of phenolic OH excluding ortho intramolecular Hbond substituents is 2. The molecule has 2 rings (SSSR count). The first-order valence-corrected chi connectivity index (χ1v) is 12.5. The van der Waals surface area contributed by atoms with E-state index in [9.17, 15) is 20.1 Å². The van der Waals surface area contributed by atoms with Crippen LogP contribution in [0.5, 0.6) is 23.0 Å². The van der Waals surface area contributed by atoms with E-state index in [4.69, 9.17) is 15.2 Å². The number of aliphatic hydroxyl groups excluding tert-OH is 1. The number of nitrogens with one attached hydrogen (secondary N) is 1. The summed E-state index contributed by atoms with van der Waals surface area (Å²) in [4.78, 5) is 16.5. The van der Waals surface area contributed by atoms with Gasteiger partial charge in [-0.25, -0.2) is 0 Å². The molecule has 0 amide bonds. The van der Waals surface area contributed by atoms with E-state index in [0.29, 0.717) is 30.7 Å². The van der Waals surface area contributed by atoms with Crippen LogP contribution in [0, 0.1) is 5.92 Å². The molecule has 2 aromatic carbocycles. The number of aliphatic hydroxyl groups is 1. The van der Waals surface area contributed by atoms with Crippen LogP contribution in [0.1, 0.15) is 50.2 Å². The van der Waals surface area contributed by atoms with Crippen molar-refractivity contribution in [2.75, 3.05) is 26.3 Å². The molecule has 0 aromatic heterocycles. The highest BCUT2D eigenvalue weighted by molar-refractivity contribution is 5.94. The molecule has 6 N–H and O–H groups in total. The number of carbonyl (C=O) groups is 1. The molecule has 0 spiro atoms. The van der Waals surface area contributed by atoms with Gasteiger partial charge in [-0.05, 0) is 66.6 Å². The fourth-order valence-corrected chi connectivity index (χ4v) is 3.95. The predicted molar refractivity (Wildman–Crippen MR) is 145 cm³/mol. The summed E-state index contributed by atoms with van der Waals surface area (Å²) in [6.45, 7) is 1.55. The zero-order valence-electron chi connectivity index (χ0n) is 21.9. The number of aromatic hydroxyl groups is 2. The van der Waals surface area contributed by atoms with Crippen molar-refractivity contribution in [1.82, 2.24) is 0 Å². The van der Waals surface area contributed by atoms with Crippen molar-refractivity contribution in [1.29, 1.82) is 0 Å². The quantitative estimate of drug-likeness (QED) is 0.0592. The molecule has 0 aliphatic carbocycles. The summed E-state index contributed by atoms with van der Waals surface area (Å²) >= 11 is 0. The first kappa shape index (κ1) is 29.5. The van der Waals surface area contributed by atoms with E-state index in [1.807, 2.05) is 6.08 Å². The Kier molecular flexibility index (Phi) is 12.3. The zero-order valence-corrected chi connectivity index (χ0v) is 21.9. The molecule has 2 aromatic rings. The van der Waals surface area contributed by atoms with Crippen molar-refractivity contribution in [3.05, 3.63) is 53.6 Å². The first-order chi connectivity index (χ1) is 17.8. The summed E-state index contributed by atoms with van der Waals surface area (Å²) in [5, 5.41) is 32.3. The number of nitrogens with zero attached hydrogens (tertiary/aromatic N) is 1. The van der Waals surface area contributed by atoms with E-state index < -0.39 is 6.79 Å². The summed E-state index contributed by atoms with van der Waals surface area (Å²) in [5.41, 5.74) is 7.85. The average molecular weight is 514 g/mol. The van der Waals surface area contributed by atoms with E-state index in [1.54, 1.807) is 36.4 Å². The molecule has 1 atom stereocenters. The summed E-state index contributed by atoms with van der Waals surface area (Å²) in [6, 6.07) is 8.52. The third-order valence-electron chi connectivity index (χ3n) is 5.99. The van der Waals surface area contributed by atoms with Gasteiger partial charge in [-0.15, -0.1) is 0 Å². The molecule has 0 aliphatic rings. The van der Waals surface area contributed by atoms with Gasteiger partial charge < -0.3 is 35.8 Å². The summed E-state index contributed by atoms with van der Waals surface area (Å²) in [5.74, 6) is 0.621. The minimum atomic E-state index is -0.588. The number of ketones is 1. The van der Waals surface area contributed by atoms with Crippen LogP contribution in [0.4, 0.5) is 5.69 Å². The number of carbonyl (C=O) groups excluding carboxylic acids is 1. The lowest BCUT2D eigenvalue weighted by molar-refractivity contribution is -0.114. The van der Waals surface area contributed by atoms with Gasteiger partial charge in [-0.3, -0.25) is 9.79 Å². The number of hydrogen-bond donors (Lipinski definition) is 5. The number of anilines is 1. The standard InChI is InChI=1S/C28H39N3O6/c1-4-5-6-7-19(8-11-22(33)12-9-20-10-13-24(34)25(16-20)36-3)14-21-15-23(31-28(29)30-2)27(35)26(17-21)37-18-32/h8,10-11,13,15-17,19,32,34-35H,4-7,9,12,14,18H2,1-3H3,(H3,29,30,31)/t19-/m1/s1. The molecule has 0 fully saturated rings. The largest absolute Gasteiger partial charge is 0.504 e.